The molecule has 1 rings (SSSR count). The van der Waals surface area contributed by atoms with Crippen molar-refractivity contribution in [1.29, 1.82) is 5.26 Å². The minimum atomic E-state index is -2.66. The van der Waals surface area contributed by atoms with Gasteiger partial charge in [-0.25, -0.2) is 13.8 Å². The molecule has 0 spiro atoms. The summed E-state index contributed by atoms with van der Waals surface area (Å²) in [5, 5.41) is 8.47. The smallest absolute Gasteiger partial charge is 0.280 e. The second-order valence-electron chi connectivity index (χ2n) is 2.85. The molecule has 0 saturated carbocycles. The van der Waals surface area contributed by atoms with Gasteiger partial charge in [0.05, 0.1) is 12.5 Å². The van der Waals surface area contributed by atoms with Crippen molar-refractivity contribution < 1.29 is 8.78 Å². The molecule has 74 valence electrons. The van der Waals surface area contributed by atoms with Crippen LogP contribution < -0.4 is 5.73 Å². The highest BCUT2D eigenvalue weighted by atomic mass is 19.3. The van der Waals surface area contributed by atoms with E-state index in [1.807, 2.05) is 6.07 Å². The third-order valence-corrected chi connectivity index (χ3v) is 1.93. The van der Waals surface area contributed by atoms with E-state index in [0.29, 0.717) is 11.1 Å². The number of alkyl halides is 2. The lowest BCUT2D eigenvalue weighted by Crippen LogP contribution is -2.03. The van der Waals surface area contributed by atoms with Crippen LogP contribution in [0.15, 0.2) is 6.07 Å². The van der Waals surface area contributed by atoms with Crippen LogP contribution in [0.4, 0.5) is 14.6 Å². The van der Waals surface area contributed by atoms with Crippen LogP contribution >= 0.6 is 0 Å². The first kappa shape index (κ1) is 10.4. The number of nitriles is 1. The highest BCUT2D eigenvalue weighted by molar-refractivity contribution is 5.46. The second kappa shape index (κ2) is 4.01. The van der Waals surface area contributed by atoms with Crippen molar-refractivity contribution >= 4 is 5.82 Å². The van der Waals surface area contributed by atoms with Gasteiger partial charge in [-0.05, 0) is 24.1 Å². The summed E-state index contributed by atoms with van der Waals surface area (Å²) < 4.78 is 24.6. The highest BCUT2D eigenvalue weighted by Crippen LogP contribution is 2.22. The zero-order valence-electron chi connectivity index (χ0n) is 7.59. The van der Waals surface area contributed by atoms with E-state index in [-0.39, 0.29) is 17.9 Å². The predicted octanol–water partition coefficient (Wildman–Crippen LogP) is 1.98. The number of pyridine rings is 1. The van der Waals surface area contributed by atoms with Gasteiger partial charge in [0.1, 0.15) is 11.5 Å². The van der Waals surface area contributed by atoms with Gasteiger partial charge in [0, 0.05) is 0 Å². The lowest BCUT2D eigenvalue weighted by Gasteiger charge is -2.07. The molecule has 0 fully saturated rings. The monoisotopic (exact) mass is 197 g/mol. The first-order valence-corrected chi connectivity index (χ1v) is 3.97. The number of nitrogen functional groups attached to an aromatic ring is 1. The minimum Gasteiger partial charge on any atom is -0.383 e. The predicted molar refractivity (Wildman–Crippen MR) is 47.7 cm³/mol. The Balaban J connectivity index is 3.22. The number of hydrogen-bond donors (Lipinski definition) is 1. The van der Waals surface area contributed by atoms with Crippen LogP contribution in [0.1, 0.15) is 23.2 Å². The molecule has 0 aromatic carbocycles. The van der Waals surface area contributed by atoms with Crippen molar-refractivity contribution in [2.24, 2.45) is 0 Å². The van der Waals surface area contributed by atoms with Gasteiger partial charge in [0.25, 0.3) is 6.43 Å². The van der Waals surface area contributed by atoms with Crippen molar-refractivity contribution in [3.05, 3.63) is 22.9 Å². The van der Waals surface area contributed by atoms with E-state index in [1.54, 1.807) is 6.92 Å². The van der Waals surface area contributed by atoms with Crippen LogP contribution in [0.5, 0.6) is 0 Å². The van der Waals surface area contributed by atoms with Gasteiger partial charge in [-0.15, -0.1) is 0 Å². The van der Waals surface area contributed by atoms with Gasteiger partial charge in [-0.1, -0.05) is 0 Å². The second-order valence-corrected chi connectivity index (χ2v) is 2.85. The molecule has 0 unspecified atom stereocenters. The number of halogens is 2. The maximum Gasteiger partial charge on any atom is 0.280 e. The summed E-state index contributed by atoms with van der Waals surface area (Å²) in [5.41, 5.74) is 6.16. The third kappa shape index (κ3) is 1.96. The Bertz CT molecular complexity index is 382. The van der Waals surface area contributed by atoms with E-state index < -0.39 is 6.43 Å². The molecule has 0 bridgehead atoms. The standard InChI is InChI=1S/C9H9F2N3/c1-5-6(2-3-12)4-7(8(10)11)14-9(5)13/h4,8H,2H2,1H3,(H2,13,14). The molecular formula is C9H9F2N3. The maximum absolute atomic E-state index is 12.3. The Morgan fingerprint density at radius 1 is 1.64 bits per heavy atom. The largest absolute Gasteiger partial charge is 0.383 e. The number of aromatic nitrogens is 1. The normalized spacial score (nSPS) is 10.2. The summed E-state index contributed by atoms with van der Waals surface area (Å²) >= 11 is 0. The molecule has 0 aliphatic heterocycles. The fraction of sp³-hybridized carbons (Fsp3) is 0.333. The van der Waals surface area contributed by atoms with E-state index in [4.69, 9.17) is 11.0 Å². The molecule has 0 atom stereocenters. The van der Waals surface area contributed by atoms with E-state index in [2.05, 4.69) is 4.98 Å². The van der Waals surface area contributed by atoms with Crippen molar-refractivity contribution in [2.75, 3.05) is 5.73 Å². The SMILES string of the molecule is Cc1c(CC#N)cc(C(F)F)nc1N. The Morgan fingerprint density at radius 3 is 2.79 bits per heavy atom. The number of hydrogen-bond acceptors (Lipinski definition) is 3. The molecule has 0 radical (unpaired) electrons. The Hall–Kier alpha value is -1.70. The van der Waals surface area contributed by atoms with Crippen molar-refractivity contribution in [3.63, 3.8) is 0 Å². The molecule has 0 aliphatic rings. The van der Waals surface area contributed by atoms with E-state index in [9.17, 15) is 8.78 Å². The molecule has 0 saturated heterocycles. The molecule has 14 heavy (non-hydrogen) atoms. The van der Waals surface area contributed by atoms with Crippen LogP contribution in [0.2, 0.25) is 0 Å². The Labute approximate surface area is 80.2 Å². The fourth-order valence-corrected chi connectivity index (χ4v) is 1.09. The van der Waals surface area contributed by atoms with E-state index >= 15 is 0 Å². The molecule has 0 amide bonds. The summed E-state index contributed by atoms with van der Waals surface area (Å²) in [5.74, 6) is 0.0630. The van der Waals surface area contributed by atoms with Gasteiger partial charge in [-0.3, -0.25) is 0 Å². The van der Waals surface area contributed by atoms with Gasteiger partial charge in [-0.2, -0.15) is 5.26 Å². The molecule has 2 N–H and O–H groups in total. The Morgan fingerprint density at radius 2 is 2.29 bits per heavy atom. The third-order valence-electron chi connectivity index (χ3n) is 1.93. The summed E-state index contributed by atoms with van der Waals surface area (Å²) in [4.78, 5) is 3.53. The van der Waals surface area contributed by atoms with E-state index in [0.717, 1.165) is 0 Å². The lowest BCUT2D eigenvalue weighted by atomic mass is 10.1. The van der Waals surface area contributed by atoms with Crippen LogP contribution in [0, 0.1) is 18.3 Å². The summed E-state index contributed by atoms with van der Waals surface area (Å²) in [6, 6.07) is 3.11. The molecule has 3 nitrogen and oxygen atoms in total. The van der Waals surface area contributed by atoms with Gasteiger partial charge in [0.15, 0.2) is 0 Å². The number of nitrogens with two attached hydrogens (primary N) is 1. The summed E-state index contributed by atoms with van der Waals surface area (Å²) in [6.45, 7) is 1.66. The lowest BCUT2D eigenvalue weighted by molar-refractivity contribution is 0.146. The molecule has 1 aromatic rings. The van der Waals surface area contributed by atoms with Gasteiger partial charge < -0.3 is 5.73 Å². The number of anilines is 1. The summed E-state index contributed by atoms with van der Waals surface area (Å²) in [7, 11) is 0. The zero-order valence-corrected chi connectivity index (χ0v) is 7.59. The molecule has 1 aromatic heterocycles. The number of nitrogens with zero attached hydrogens (tertiary/aromatic N) is 2. The van der Waals surface area contributed by atoms with Crippen LogP contribution in [-0.4, -0.2) is 4.98 Å². The average Bonchev–Trinajstić information content (AvgIpc) is 2.12. The van der Waals surface area contributed by atoms with Crippen molar-refractivity contribution in [3.8, 4) is 6.07 Å². The van der Waals surface area contributed by atoms with E-state index in [1.165, 1.54) is 6.07 Å². The van der Waals surface area contributed by atoms with Crippen molar-refractivity contribution in [2.45, 2.75) is 19.8 Å². The molecular weight excluding hydrogens is 188 g/mol. The maximum atomic E-state index is 12.3. The minimum absolute atomic E-state index is 0.0630. The first-order chi connectivity index (χ1) is 6.56. The van der Waals surface area contributed by atoms with Crippen LogP contribution in [0.25, 0.3) is 0 Å². The number of rotatable bonds is 2. The van der Waals surface area contributed by atoms with Gasteiger partial charge in [0.2, 0.25) is 0 Å². The molecule has 5 heteroatoms. The fourth-order valence-electron chi connectivity index (χ4n) is 1.09. The average molecular weight is 197 g/mol. The van der Waals surface area contributed by atoms with Crippen LogP contribution in [-0.2, 0) is 6.42 Å². The Kier molecular flexibility index (Phi) is 2.97. The zero-order chi connectivity index (χ0) is 10.7. The van der Waals surface area contributed by atoms with Crippen LogP contribution in [0.3, 0.4) is 0 Å². The highest BCUT2D eigenvalue weighted by Gasteiger charge is 2.13. The van der Waals surface area contributed by atoms with Gasteiger partial charge >= 0.3 is 0 Å². The molecule has 0 aliphatic carbocycles. The topological polar surface area (TPSA) is 62.7 Å². The summed E-state index contributed by atoms with van der Waals surface area (Å²) in [6.07, 6.45) is -2.59. The quantitative estimate of drug-likeness (QED) is 0.788. The first-order valence-electron chi connectivity index (χ1n) is 3.97. The molecule has 1 heterocycles. The van der Waals surface area contributed by atoms with Crippen molar-refractivity contribution in [1.82, 2.24) is 4.98 Å².